The van der Waals surface area contributed by atoms with Crippen LogP contribution in [0.25, 0.3) is 0 Å². The lowest BCUT2D eigenvalue weighted by molar-refractivity contribution is 0.0373. The van der Waals surface area contributed by atoms with E-state index in [-0.39, 0.29) is 22.0 Å². The molecule has 0 fully saturated rings. The third kappa shape index (κ3) is 8.56. The summed E-state index contributed by atoms with van der Waals surface area (Å²) in [6.07, 6.45) is 5.04. The molecule has 0 aromatic heterocycles. The molecule has 0 aliphatic rings. The first-order valence-electron chi connectivity index (χ1n) is 11.9. The molecule has 0 aliphatic carbocycles. The fourth-order valence-electron chi connectivity index (χ4n) is 4.11. The van der Waals surface area contributed by atoms with E-state index >= 15 is 0 Å². The molecular weight excluding hydrogens is 380 g/mol. The van der Waals surface area contributed by atoms with E-state index in [0.29, 0.717) is 6.61 Å². The number of ketones is 1. The van der Waals surface area contributed by atoms with Crippen LogP contribution in [0.4, 0.5) is 0 Å². The Labute approximate surface area is 192 Å². The normalized spacial score (nSPS) is 13.8. The van der Waals surface area contributed by atoms with Crippen molar-refractivity contribution in [2.24, 2.45) is 5.41 Å². The summed E-state index contributed by atoms with van der Waals surface area (Å²) in [5, 5.41) is 0. The van der Waals surface area contributed by atoms with Crippen molar-refractivity contribution in [2.75, 3.05) is 6.61 Å². The maximum absolute atomic E-state index is 13.3. The minimum absolute atomic E-state index is 0.0141. The van der Waals surface area contributed by atoms with Gasteiger partial charge in [-0.3, -0.25) is 4.79 Å². The monoisotopic (exact) mass is 428 g/mol. The molecule has 1 aromatic carbocycles. The van der Waals surface area contributed by atoms with Crippen molar-refractivity contribution in [3.63, 3.8) is 0 Å². The minimum atomic E-state index is -0.433. The van der Waals surface area contributed by atoms with E-state index in [2.05, 4.69) is 94.4 Å². The van der Waals surface area contributed by atoms with Gasteiger partial charge in [0.1, 0.15) is 6.10 Å². The molecule has 2 nitrogen and oxygen atoms in total. The van der Waals surface area contributed by atoms with Crippen LogP contribution in [0.5, 0.6) is 0 Å². The maximum Gasteiger partial charge on any atom is 0.191 e. The highest BCUT2D eigenvalue weighted by Gasteiger charge is 2.27. The third-order valence-electron chi connectivity index (χ3n) is 6.20. The molecule has 0 spiro atoms. The van der Waals surface area contributed by atoms with E-state index in [1.807, 2.05) is 6.92 Å². The Kier molecular flexibility index (Phi) is 9.33. The zero-order valence-corrected chi connectivity index (χ0v) is 22.5. The Morgan fingerprint density at radius 3 is 1.84 bits per heavy atom. The number of allylic oxidation sites excluding steroid dienone is 2. The summed E-state index contributed by atoms with van der Waals surface area (Å²) in [5.74, 6) is 0.0818. The molecule has 0 amide bonds. The van der Waals surface area contributed by atoms with E-state index in [1.165, 1.54) is 22.3 Å². The van der Waals surface area contributed by atoms with E-state index < -0.39 is 6.10 Å². The van der Waals surface area contributed by atoms with Gasteiger partial charge >= 0.3 is 0 Å². The highest BCUT2D eigenvalue weighted by molar-refractivity contribution is 5.99. The summed E-state index contributed by atoms with van der Waals surface area (Å²) in [7, 11) is 0. The molecule has 1 aromatic rings. The van der Waals surface area contributed by atoms with Gasteiger partial charge in [0, 0.05) is 12.2 Å². The van der Waals surface area contributed by atoms with Crippen LogP contribution in [0.1, 0.15) is 122 Å². The lowest BCUT2D eigenvalue weighted by Crippen LogP contribution is -2.26. The molecule has 0 radical (unpaired) electrons. The van der Waals surface area contributed by atoms with Gasteiger partial charge in [0.15, 0.2) is 5.78 Å². The Bertz CT molecular complexity index is 743. The second-order valence-electron chi connectivity index (χ2n) is 12.3. The molecule has 1 rings (SSSR count). The number of Topliss-reactive ketones (excluding diaryl/α,β-unsaturated/α-hetero) is 1. The predicted molar refractivity (Wildman–Crippen MR) is 135 cm³/mol. The zero-order valence-electron chi connectivity index (χ0n) is 22.5. The quantitative estimate of drug-likeness (QED) is 0.292. The van der Waals surface area contributed by atoms with Crippen molar-refractivity contribution in [3.8, 4) is 0 Å². The van der Waals surface area contributed by atoms with E-state index in [0.717, 1.165) is 24.8 Å². The Morgan fingerprint density at radius 1 is 0.935 bits per heavy atom. The van der Waals surface area contributed by atoms with Crippen LogP contribution in [0.15, 0.2) is 23.8 Å². The Hall–Kier alpha value is -1.41. The second kappa shape index (κ2) is 10.5. The van der Waals surface area contributed by atoms with Crippen LogP contribution in [0.2, 0.25) is 0 Å². The van der Waals surface area contributed by atoms with Gasteiger partial charge in [0.05, 0.1) is 0 Å². The van der Waals surface area contributed by atoms with Crippen LogP contribution in [0, 0.1) is 12.3 Å². The van der Waals surface area contributed by atoms with Crippen LogP contribution in [0.3, 0.4) is 0 Å². The predicted octanol–water partition coefficient (Wildman–Crippen LogP) is 8.34. The average molecular weight is 429 g/mol. The zero-order chi connectivity index (χ0) is 24.2. The molecule has 1 atom stereocenters. The molecule has 0 saturated carbocycles. The number of hydrogen-bond acceptors (Lipinski definition) is 2. The van der Waals surface area contributed by atoms with E-state index in [1.54, 1.807) is 0 Å². The standard InChI is InChI=1S/C29H48O2/c1-20(2)14-13-15-29(11,12)16-17-31-22(4)26(30)23-18-24(27(5,6)7)21(3)25(19-23)28(8,9)10/h14,18-19,22H,13,15-17H2,1-12H3. The number of benzene rings is 1. The summed E-state index contributed by atoms with van der Waals surface area (Å²) >= 11 is 0. The highest BCUT2D eigenvalue weighted by Crippen LogP contribution is 2.35. The van der Waals surface area contributed by atoms with Gasteiger partial charge < -0.3 is 4.74 Å². The second-order valence-corrected chi connectivity index (χ2v) is 12.3. The van der Waals surface area contributed by atoms with E-state index in [9.17, 15) is 4.79 Å². The number of carbonyl (C=O) groups excluding carboxylic acids is 1. The van der Waals surface area contributed by atoms with Gasteiger partial charge in [-0.1, -0.05) is 67.0 Å². The largest absolute Gasteiger partial charge is 0.370 e. The number of carbonyl (C=O) groups is 1. The van der Waals surface area contributed by atoms with Crippen molar-refractivity contribution in [2.45, 2.75) is 119 Å². The first kappa shape index (κ1) is 27.6. The van der Waals surface area contributed by atoms with Gasteiger partial charge in [-0.2, -0.15) is 0 Å². The summed E-state index contributed by atoms with van der Waals surface area (Å²) in [4.78, 5) is 13.3. The van der Waals surface area contributed by atoms with Crippen molar-refractivity contribution < 1.29 is 9.53 Å². The molecular formula is C29H48O2. The molecule has 0 N–H and O–H groups in total. The fourth-order valence-corrected chi connectivity index (χ4v) is 4.11. The summed E-state index contributed by atoms with van der Waals surface area (Å²) < 4.78 is 6.04. The van der Waals surface area contributed by atoms with Crippen LogP contribution in [-0.4, -0.2) is 18.5 Å². The molecule has 0 saturated heterocycles. The van der Waals surface area contributed by atoms with Gasteiger partial charge in [0.2, 0.25) is 0 Å². The molecule has 0 bridgehead atoms. The lowest BCUT2D eigenvalue weighted by atomic mass is 9.75. The third-order valence-corrected chi connectivity index (χ3v) is 6.20. The smallest absolute Gasteiger partial charge is 0.191 e. The summed E-state index contributed by atoms with van der Waals surface area (Å²) in [6.45, 7) is 26.8. The van der Waals surface area contributed by atoms with Gasteiger partial charge in [-0.25, -0.2) is 0 Å². The number of hydrogen-bond donors (Lipinski definition) is 0. The molecule has 0 aliphatic heterocycles. The highest BCUT2D eigenvalue weighted by atomic mass is 16.5. The molecule has 176 valence electrons. The molecule has 0 heterocycles. The fraction of sp³-hybridized carbons (Fsp3) is 0.690. The minimum Gasteiger partial charge on any atom is -0.370 e. The van der Waals surface area contributed by atoms with Crippen LogP contribution in [-0.2, 0) is 15.6 Å². The molecule has 1 unspecified atom stereocenters. The van der Waals surface area contributed by atoms with Crippen LogP contribution >= 0.6 is 0 Å². The summed E-state index contributed by atoms with van der Waals surface area (Å²) in [6, 6.07) is 4.19. The first-order chi connectivity index (χ1) is 14.0. The summed E-state index contributed by atoms with van der Waals surface area (Å²) in [5.41, 5.74) is 6.11. The van der Waals surface area contributed by atoms with Gasteiger partial charge in [0.25, 0.3) is 0 Å². The number of ether oxygens (including phenoxy) is 1. The average Bonchev–Trinajstić information content (AvgIpc) is 2.58. The molecule has 31 heavy (non-hydrogen) atoms. The SMILES string of the molecule is CC(C)=CCCC(C)(C)CCOC(C)C(=O)c1cc(C(C)(C)C)c(C)c(C(C)(C)C)c1. The Balaban J connectivity index is 2.96. The number of rotatable bonds is 9. The van der Waals surface area contributed by atoms with Crippen molar-refractivity contribution >= 4 is 5.78 Å². The molecule has 2 heteroatoms. The van der Waals surface area contributed by atoms with Crippen molar-refractivity contribution in [1.82, 2.24) is 0 Å². The van der Waals surface area contributed by atoms with Gasteiger partial charge in [-0.15, -0.1) is 0 Å². The van der Waals surface area contributed by atoms with Crippen molar-refractivity contribution in [1.29, 1.82) is 0 Å². The van der Waals surface area contributed by atoms with Gasteiger partial charge in [-0.05, 0) is 92.0 Å². The Morgan fingerprint density at radius 2 is 1.42 bits per heavy atom. The van der Waals surface area contributed by atoms with Crippen molar-refractivity contribution in [3.05, 3.63) is 46.0 Å². The van der Waals surface area contributed by atoms with E-state index in [4.69, 9.17) is 4.74 Å². The van der Waals surface area contributed by atoms with Crippen LogP contribution < -0.4 is 0 Å². The lowest BCUT2D eigenvalue weighted by Gasteiger charge is -2.30. The topological polar surface area (TPSA) is 26.3 Å². The first-order valence-corrected chi connectivity index (χ1v) is 11.9. The maximum atomic E-state index is 13.3.